The van der Waals surface area contributed by atoms with Gasteiger partial charge in [-0.25, -0.2) is 0 Å². The number of aliphatic carboxylic acids is 1. The summed E-state index contributed by atoms with van der Waals surface area (Å²) in [7, 11) is 0. The Labute approximate surface area is 161 Å². The first-order valence-corrected chi connectivity index (χ1v) is 8.62. The van der Waals surface area contributed by atoms with E-state index in [0.29, 0.717) is 0 Å². The second-order valence-corrected chi connectivity index (χ2v) is 5.71. The van der Waals surface area contributed by atoms with E-state index in [1.165, 1.54) is 64.2 Å². The number of unbranched alkanes of at least 4 members (excludes halogenated alkanes) is 11. The first kappa shape index (κ1) is 23.7. The van der Waals surface area contributed by atoms with Gasteiger partial charge in [-0.3, -0.25) is 0 Å². The van der Waals surface area contributed by atoms with Crippen LogP contribution >= 0.6 is 0 Å². The zero-order chi connectivity index (χ0) is 14.9. The van der Waals surface area contributed by atoms with Gasteiger partial charge < -0.3 is 9.90 Å². The molecular formula is C18H33CaO2+. The number of carboxylic acids is 1. The van der Waals surface area contributed by atoms with E-state index in [4.69, 9.17) is 0 Å². The van der Waals surface area contributed by atoms with Gasteiger partial charge in [0.15, 0.2) is 0 Å². The topological polar surface area (TPSA) is 40.1 Å². The van der Waals surface area contributed by atoms with E-state index < -0.39 is 5.97 Å². The Hall–Kier alpha value is 0.470. The molecule has 0 saturated heterocycles. The molecule has 0 radical (unpaired) electrons. The van der Waals surface area contributed by atoms with Crippen LogP contribution in [-0.4, -0.2) is 43.7 Å². The van der Waals surface area contributed by atoms with Gasteiger partial charge in [0, 0.05) is 5.97 Å². The monoisotopic (exact) mass is 321 g/mol. The van der Waals surface area contributed by atoms with Crippen LogP contribution < -0.4 is 5.11 Å². The molecular weight excluding hydrogens is 288 g/mol. The molecule has 0 atom stereocenters. The number of hydrogen-bond acceptors (Lipinski definition) is 2. The first-order valence-electron chi connectivity index (χ1n) is 8.62. The minimum atomic E-state index is -0.914. The summed E-state index contributed by atoms with van der Waals surface area (Å²) in [5.41, 5.74) is 0. The quantitative estimate of drug-likeness (QED) is 0.255. The van der Waals surface area contributed by atoms with Crippen molar-refractivity contribution in [1.82, 2.24) is 0 Å². The second-order valence-electron chi connectivity index (χ2n) is 5.71. The van der Waals surface area contributed by atoms with Gasteiger partial charge in [-0.1, -0.05) is 70.4 Å². The van der Waals surface area contributed by atoms with Gasteiger partial charge in [-0.15, -0.1) is 0 Å². The molecule has 0 amide bonds. The molecule has 0 aliphatic heterocycles. The Kier molecular flexibility index (Phi) is 23.1. The zero-order valence-corrected chi connectivity index (χ0v) is 16.3. The van der Waals surface area contributed by atoms with Crippen LogP contribution in [0.15, 0.2) is 12.2 Å². The van der Waals surface area contributed by atoms with E-state index in [1.807, 2.05) is 0 Å². The van der Waals surface area contributed by atoms with Crippen molar-refractivity contribution in [3.05, 3.63) is 12.2 Å². The van der Waals surface area contributed by atoms with Crippen molar-refractivity contribution in [3.8, 4) is 0 Å². The fourth-order valence-corrected chi connectivity index (χ4v) is 2.34. The number of carbonyl (C=O) groups is 1. The molecule has 0 aromatic rings. The summed E-state index contributed by atoms with van der Waals surface area (Å²) in [6, 6.07) is 0. The van der Waals surface area contributed by atoms with Gasteiger partial charge in [0.25, 0.3) is 0 Å². The van der Waals surface area contributed by atoms with Crippen LogP contribution in [0, 0.1) is 0 Å². The average Bonchev–Trinajstić information content (AvgIpc) is 2.43. The van der Waals surface area contributed by atoms with Crippen molar-refractivity contribution in [3.63, 3.8) is 0 Å². The third kappa shape index (κ3) is 22.9. The summed E-state index contributed by atoms with van der Waals surface area (Å²) >= 11 is 0. The molecule has 0 aliphatic carbocycles. The van der Waals surface area contributed by atoms with E-state index in [1.54, 1.807) is 0 Å². The van der Waals surface area contributed by atoms with Gasteiger partial charge in [-0.05, 0) is 38.5 Å². The van der Waals surface area contributed by atoms with E-state index in [0.717, 1.165) is 19.3 Å². The van der Waals surface area contributed by atoms with Gasteiger partial charge >= 0.3 is 37.7 Å². The molecule has 0 saturated carbocycles. The fourth-order valence-electron chi connectivity index (χ4n) is 2.34. The van der Waals surface area contributed by atoms with Crippen molar-refractivity contribution >= 4 is 43.7 Å². The van der Waals surface area contributed by atoms with Crippen LogP contribution in [0.1, 0.15) is 96.8 Å². The summed E-state index contributed by atoms with van der Waals surface area (Å²) in [6.07, 6.45) is 20.9. The van der Waals surface area contributed by atoms with E-state index in [9.17, 15) is 9.90 Å². The molecule has 0 heterocycles. The first-order chi connectivity index (χ1) is 9.77. The van der Waals surface area contributed by atoms with Gasteiger partial charge in [0.05, 0.1) is 0 Å². The third-order valence-electron chi connectivity index (χ3n) is 3.64. The van der Waals surface area contributed by atoms with E-state index >= 15 is 0 Å². The standard InChI is InChI=1S/C18H34O2.Ca/c1-2-3-4-5-6-7-8-9-10-11-12-13-14-15-16-17-18(19)20;/h9-10H,2-8,11-17H2,1H3,(H,19,20);/q;+2/p-1/b10-9-;. The molecule has 3 heteroatoms. The Morgan fingerprint density at radius 2 is 1.19 bits per heavy atom. The van der Waals surface area contributed by atoms with E-state index in [2.05, 4.69) is 19.1 Å². The Balaban J connectivity index is 0. The minimum absolute atomic E-state index is 0. The zero-order valence-electron chi connectivity index (χ0n) is 14.1. The van der Waals surface area contributed by atoms with Crippen LogP contribution in [-0.2, 0) is 4.79 Å². The van der Waals surface area contributed by atoms with Crippen LogP contribution in [0.2, 0.25) is 0 Å². The molecule has 2 nitrogen and oxygen atoms in total. The van der Waals surface area contributed by atoms with Crippen LogP contribution in [0.3, 0.4) is 0 Å². The Bertz CT molecular complexity index is 239. The summed E-state index contributed by atoms with van der Waals surface area (Å²) < 4.78 is 0. The molecule has 0 aromatic carbocycles. The molecule has 0 N–H and O–H groups in total. The summed E-state index contributed by atoms with van der Waals surface area (Å²) in [5.74, 6) is -0.914. The number of rotatable bonds is 15. The van der Waals surface area contributed by atoms with Crippen molar-refractivity contribution in [2.75, 3.05) is 0 Å². The maximum absolute atomic E-state index is 10.2. The van der Waals surface area contributed by atoms with Crippen molar-refractivity contribution in [2.45, 2.75) is 96.8 Å². The number of carboxylic acid groups (broad SMARTS) is 1. The van der Waals surface area contributed by atoms with Crippen molar-refractivity contribution in [1.29, 1.82) is 0 Å². The van der Waals surface area contributed by atoms with Gasteiger partial charge in [0.1, 0.15) is 0 Å². The number of carbonyl (C=O) groups excluding carboxylic acids is 1. The predicted octanol–water partition coefficient (Wildman–Crippen LogP) is 4.39. The summed E-state index contributed by atoms with van der Waals surface area (Å²) in [6.45, 7) is 2.26. The molecule has 0 bridgehead atoms. The number of hydrogen-bond donors (Lipinski definition) is 0. The Morgan fingerprint density at radius 1 is 0.762 bits per heavy atom. The molecule has 0 fully saturated rings. The Morgan fingerprint density at radius 3 is 1.67 bits per heavy atom. The third-order valence-corrected chi connectivity index (χ3v) is 3.64. The molecule has 0 rings (SSSR count). The maximum atomic E-state index is 10.2. The van der Waals surface area contributed by atoms with Crippen LogP contribution in [0.25, 0.3) is 0 Å². The van der Waals surface area contributed by atoms with Gasteiger partial charge in [0.2, 0.25) is 0 Å². The second kappa shape index (κ2) is 20.5. The normalized spacial score (nSPS) is 10.7. The molecule has 0 spiro atoms. The largest absolute Gasteiger partial charge is 2.00 e. The molecule has 21 heavy (non-hydrogen) atoms. The number of allylic oxidation sites excluding steroid dienone is 2. The van der Waals surface area contributed by atoms with Gasteiger partial charge in [-0.2, -0.15) is 0 Å². The minimum Gasteiger partial charge on any atom is -0.550 e. The van der Waals surface area contributed by atoms with E-state index in [-0.39, 0.29) is 44.2 Å². The summed E-state index contributed by atoms with van der Waals surface area (Å²) in [5, 5.41) is 10.2. The molecule has 0 aliphatic rings. The van der Waals surface area contributed by atoms with Crippen molar-refractivity contribution in [2.24, 2.45) is 0 Å². The molecule has 0 aromatic heterocycles. The molecule has 0 unspecified atom stereocenters. The summed E-state index contributed by atoms with van der Waals surface area (Å²) in [4.78, 5) is 10.2. The molecule has 118 valence electrons. The van der Waals surface area contributed by atoms with Crippen molar-refractivity contribution < 1.29 is 9.90 Å². The van der Waals surface area contributed by atoms with Crippen LogP contribution in [0.4, 0.5) is 0 Å². The fraction of sp³-hybridized carbons (Fsp3) is 0.833. The maximum Gasteiger partial charge on any atom is 2.00 e. The smallest absolute Gasteiger partial charge is 0.550 e. The average molecular weight is 322 g/mol. The predicted molar refractivity (Wildman–Crippen MR) is 90.2 cm³/mol. The van der Waals surface area contributed by atoms with Crippen LogP contribution in [0.5, 0.6) is 0 Å². The SMILES string of the molecule is CCCCCCCC/C=C\CCCCCCCC(=O)[O-].[Ca+2].